The van der Waals surface area contributed by atoms with E-state index < -0.39 is 0 Å². The van der Waals surface area contributed by atoms with Crippen LogP contribution in [0.2, 0.25) is 9.53 Å². The first kappa shape index (κ1) is 14.4. The molecule has 0 nitrogen and oxygen atoms in total. The second kappa shape index (κ2) is 11.4. The quantitative estimate of drug-likeness (QED) is 0.282. The summed E-state index contributed by atoms with van der Waals surface area (Å²) in [5.41, 5.74) is 0. The van der Waals surface area contributed by atoms with Gasteiger partial charge in [-0.3, -0.25) is 0 Å². The van der Waals surface area contributed by atoms with Crippen LogP contribution in [0.25, 0.3) is 0 Å². The summed E-state index contributed by atoms with van der Waals surface area (Å²) in [5, 5.41) is 1.51. The van der Waals surface area contributed by atoms with E-state index in [4.69, 9.17) is 0 Å². The van der Waals surface area contributed by atoms with E-state index in [1.165, 1.54) is 50.0 Å². The van der Waals surface area contributed by atoms with Gasteiger partial charge in [-0.05, 0) is 0 Å². The van der Waals surface area contributed by atoms with Crippen molar-refractivity contribution in [2.75, 3.05) is 0 Å². The standard InChI is InChI=1S/C11H21.C2H5.Zn/c1-3-5-7-9-11-10-8-6-4-2;1-2;/h3,7H,1,4-6,8-11H2,2H3;1H2,2H3;. The summed E-state index contributed by atoms with van der Waals surface area (Å²) in [7, 11) is 0. The van der Waals surface area contributed by atoms with Crippen LogP contribution in [0.1, 0.15) is 58.8 Å². The van der Waals surface area contributed by atoms with Crippen LogP contribution in [-0.2, 0) is 17.1 Å². The SMILES string of the molecule is C=CC[CH](CCCCCCC)[Zn][CH2]C. The summed E-state index contributed by atoms with van der Waals surface area (Å²) in [6.45, 7) is 8.52. The Kier molecular flexibility index (Phi) is 11.7. The first-order valence-electron chi connectivity index (χ1n) is 6.46. The van der Waals surface area contributed by atoms with Crippen molar-refractivity contribution < 1.29 is 17.1 Å². The third-order valence-electron chi connectivity index (χ3n) is 2.91. The molecule has 80 valence electrons. The molecule has 0 aliphatic rings. The minimum absolute atomic E-state index is 0.197. The Morgan fingerprint density at radius 3 is 2.43 bits per heavy atom. The van der Waals surface area contributed by atoms with Gasteiger partial charge < -0.3 is 0 Å². The van der Waals surface area contributed by atoms with Crippen LogP contribution in [-0.4, -0.2) is 0 Å². The number of hydrogen-bond donors (Lipinski definition) is 0. The average Bonchev–Trinajstić information content (AvgIpc) is 2.18. The van der Waals surface area contributed by atoms with Gasteiger partial charge in [0, 0.05) is 0 Å². The zero-order valence-corrected chi connectivity index (χ0v) is 13.2. The fourth-order valence-corrected chi connectivity index (χ4v) is 5.97. The van der Waals surface area contributed by atoms with Crippen molar-refractivity contribution in [3.8, 4) is 0 Å². The van der Waals surface area contributed by atoms with E-state index in [0.29, 0.717) is 0 Å². The van der Waals surface area contributed by atoms with Gasteiger partial charge in [0.05, 0.1) is 0 Å². The normalized spacial score (nSPS) is 12.1. The van der Waals surface area contributed by atoms with Crippen molar-refractivity contribution in [2.24, 2.45) is 0 Å². The third-order valence-corrected chi connectivity index (χ3v) is 7.39. The van der Waals surface area contributed by atoms with E-state index in [2.05, 4.69) is 26.5 Å². The molecule has 0 amide bonds. The molecule has 0 aromatic rings. The van der Waals surface area contributed by atoms with Crippen molar-refractivity contribution in [3.63, 3.8) is 0 Å². The molecule has 14 heavy (non-hydrogen) atoms. The molecule has 0 radical (unpaired) electrons. The van der Waals surface area contributed by atoms with Crippen LogP contribution in [0, 0.1) is 0 Å². The van der Waals surface area contributed by atoms with Gasteiger partial charge in [-0.15, -0.1) is 0 Å². The predicted octanol–water partition coefficient (Wildman–Crippen LogP) is 5.23. The molecule has 0 saturated heterocycles. The third kappa shape index (κ3) is 8.94. The van der Waals surface area contributed by atoms with Gasteiger partial charge in [0.2, 0.25) is 0 Å². The fraction of sp³-hybridized carbons (Fsp3) is 0.846. The number of hydrogen-bond acceptors (Lipinski definition) is 0. The van der Waals surface area contributed by atoms with Gasteiger partial charge in [0.1, 0.15) is 0 Å². The summed E-state index contributed by atoms with van der Waals surface area (Å²) >= 11 is -0.197. The fourth-order valence-electron chi connectivity index (χ4n) is 2.06. The van der Waals surface area contributed by atoms with Crippen molar-refractivity contribution in [1.82, 2.24) is 0 Å². The second-order valence-electron chi connectivity index (χ2n) is 4.38. The number of allylic oxidation sites excluding steroid dienone is 1. The van der Waals surface area contributed by atoms with E-state index >= 15 is 0 Å². The van der Waals surface area contributed by atoms with Crippen molar-refractivity contribution in [2.45, 2.75) is 68.3 Å². The summed E-state index contributed by atoms with van der Waals surface area (Å²) in [5.74, 6) is 0. The molecule has 0 fully saturated rings. The summed E-state index contributed by atoms with van der Waals surface area (Å²) in [6.07, 6.45) is 12.1. The molecule has 0 bridgehead atoms. The van der Waals surface area contributed by atoms with E-state index in [1.54, 1.807) is 0 Å². The second-order valence-corrected chi connectivity index (χ2v) is 10.1. The Bertz CT molecular complexity index is 120. The number of rotatable bonds is 10. The van der Waals surface area contributed by atoms with Crippen molar-refractivity contribution in [3.05, 3.63) is 12.7 Å². The average molecular weight is 248 g/mol. The molecule has 0 spiro atoms. The zero-order valence-electron chi connectivity index (χ0n) is 10.2. The molecule has 0 aromatic heterocycles. The Morgan fingerprint density at radius 1 is 1.14 bits per heavy atom. The van der Waals surface area contributed by atoms with Gasteiger partial charge in [-0.25, -0.2) is 0 Å². The van der Waals surface area contributed by atoms with Crippen LogP contribution in [0.4, 0.5) is 0 Å². The molecular formula is C13H26Zn. The van der Waals surface area contributed by atoms with E-state index in [1.807, 2.05) is 0 Å². The maximum absolute atomic E-state index is 3.87. The first-order valence-corrected chi connectivity index (χ1v) is 10.3. The Balaban J connectivity index is 3.35. The molecule has 0 N–H and O–H groups in total. The molecule has 0 aliphatic heterocycles. The van der Waals surface area contributed by atoms with Gasteiger partial charge in [-0.2, -0.15) is 0 Å². The van der Waals surface area contributed by atoms with Crippen molar-refractivity contribution in [1.29, 1.82) is 0 Å². The van der Waals surface area contributed by atoms with Crippen LogP contribution in [0.5, 0.6) is 0 Å². The molecule has 0 aliphatic carbocycles. The van der Waals surface area contributed by atoms with Gasteiger partial charge in [0.15, 0.2) is 0 Å². The summed E-state index contributed by atoms with van der Waals surface area (Å²) < 4.78 is 1.10. The molecule has 0 heterocycles. The Hall–Kier alpha value is 0.363. The molecule has 0 saturated carbocycles. The molecular weight excluding hydrogens is 222 g/mol. The molecule has 1 atom stereocenters. The molecule has 1 unspecified atom stereocenters. The summed E-state index contributed by atoms with van der Waals surface area (Å²) in [4.78, 5) is 0. The summed E-state index contributed by atoms with van der Waals surface area (Å²) in [6, 6.07) is 0. The van der Waals surface area contributed by atoms with Crippen LogP contribution in [0.3, 0.4) is 0 Å². The minimum atomic E-state index is -0.197. The molecule has 1 heteroatoms. The van der Waals surface area contributed by atoms with Crippen LogP contribution >= 0.6 is 0 Å². The van der Waals surface area contributed by atoms with Gasteiger partial charge in [0.25, 0.3) is 0 Å². The van der Waals surface area contributed by atoms with E-state index in [-0.39, 0.29) is 17.1 Å². The molecule has 0 aromatic carbocycles. The van der Waals surface area contributed by atoms with Crippen LogP contribution < -0.4 is 0 Å². The Morgan fingerprint density at radius 2 is 1.86 bits per heavy atom. The zero-order chi connectivity index (χ0) is 10.6. The van der Waals surface area contributed by atoms with E-state index in [9.17, 15) is 0 Å². The van der Waals surface area contributed by atoms with Gasteiger partial charge >= 0.3 is 98.1 Å². The van der Waals surface area contributed by atoms with Crippen LogP contribution in [0.15, 0.2) is 12.7 Å². The monoisotopic (exact) mass is 246 g/mol. The predicted molar refractivity (Wildman–Crippen MR) is 62.4 cm³/mol. The first-order chi connectivity index (χ1) is 6.85. The van der Waals surface area contributed by atoms with E-state index in [0.717, 1.165) is 4.51 Å². The molecule has 0 rings (SSSR count). The topological polar surface area (TPSA) is 0 Å². The van der Waals surface area contributed by atoms with Gasteiger partial charge in [-0.1, -0.05) is 0 Å². The number of unbranched alkanes of at least 4 members (excludes halogenated alkanes) is 4. The maximum atomic E-state index is 3.87. The van der Waals surface area contributed by atoms with Crippen molar-refractivity contribution >= 4 is 0 Å². The Labute approximate surface area is 98.1 Å².